The van der Waals surface area contributed by atoms with Crippen molar-refractivity contribution in [2.24, 2.45) is 16.0 Å². The minimum absolute atomic E-state index is 0.0111. The lowest BCUT2D eigenvalue weighted by Crippen LogP contribution is -2.47. The molecule has 2 N–H and O–H groups in total. The van der Waals surface area contributed by atoms with Gasteiger partial charge in [0.2, 0.25) is 11.4 Å². The van der Waals surface area contributed by atoms with Crippen LogP contribution in [0.4, 0.5) is 0 Å². The highest BCUT2D eigenvalue weighted by Gasteiger charge is 2.64. The van der Waals surface area contributed by atoms with E-state index in [-0.39, 0.29) is 31.0 Å². The molecule has 0 radical (unpaired) electrons. The van der Waals surface area contributed by atoms with Crippen molar-refractivity contribution < 1.29 is 28.7 Å². The molecular weight excluding hydrogens is 464 g/mol. The number of rotatable bonds is 8. The minimum atomic E-state index is -2.29. The molecule has 0 saturated carbocycles. The van der Waals surface area contributed by atoms with Crippen LogP contribution < -0.4 is 5.73 Å². The van der Waals surface area contributed by atoms with E-state index < -0.39 is 40.6 Å². The first-order chi connectivity index (χ1) is 17.4. The molecule has 0 saturated heterocycles. The maximum Gasteiger partial charge on any atom is 0.359 e. The molecule has 4 rings (SSSR count). The molecule has 0 aromatic heterocycles. The second-order valence-corrected chi connectivity index (χ2v) is 7.91. The standard InChI is InChI=1S/C26H24N4O6/c1-3-35-23(32)18-20(24(33)36-4-2)28-29-26(18)19(22(27)31)21(17-13-9-6-10-14-17)30(25(26)34)15-16-11-7-5-8-12-16/h5-14H,3-4,15H2,1-2H3,(H2,27,31). The van der Waals surface area contributed by atoms with Crippen LogP contribution in [0, 0.1) is 0 Å². The molecule has 0 fully saturated rings. The van der Waals surface area contributed by atoms with Crippen molar-refractivity contribution in [1.82, 2.24) is 4.90 Å². The highest BCUT2D eigenvalue weighted by atomic mass is 16.5. The van der Waals surface area contributed by atoms with Crippen molar-refractivity contribution >= 4 is 29.5 Å². The van der Waals surface area contributed by atoms with Crippen molar-refractivity contribution in [3.8, 4) is 0 Å². The Kier molecular flexibility index (Phi) is 6.77. The summed E-state index contributed by atoms with van der Waals surface area (Å²) in [6, 6.07) is 17.7. The lowest BCUT2D eigenvalue weighted by Gasteiger charge is -2.24. The van der Waals surface area contributed by atoms with E-state index >= 15 is 0 Å². The average molecular weight is 489 g/mol. The Morgan fingerprint density at radius 1 is 0.889 bits per heavy atom. The Hall–Kier alpha value is -4.60. The number of ether oxygens (including phenoxy) is 2. The zero-order valence-corrected chi connectivity index (χ0v) is 19.8. The van der Waals surface area contributed by atoms with Crippen molar-refractivity contribution in [2.45, 2.75) is 25.9 Å². The second-order valence-electron chi connectivity index (χ2n) is 7.91. The van der Waals surface area contributed by atoms with Crippen molar-refractivity contribution in [3.63, 3.8) is 0 Å². The van der Waals surface area contributed by atoms with Gasteiger partial charge < -0.3 is 20.1 Å². The summed E-state index contributed by atoms with van der Waals surface area (Å²) in [6.45, 7) is 3.12. The predicted octanol–water partition coefficient (Wildman–Crippen LogP) is 2.51. The van der Waals surface area contributed by atoms with Gasteiger partial charge in [0, 0.05) is 0 Å². The number of carbonyl (C=O) groups excluding carboxylic acids is 4. The lowest BCUT2D eigenvalue weighted by molar-refractivity contribution is -0.143. The molecule has 2 aromatic rings. The first kappa shape index (κ1) is 24.5. The maximum atomic E-state index is 14.2. The minimum Gasteiger partial charge on any atom is -0.462 e. The van der Waals surface area contributed by atoms with Crippen LogP contribution in [0.3, 0.4) is 0 Å². The fraction of sp³-hybridized carbons (Fsp3) is 0.231. The second kappa shape index (κ2) is 9.95. The third kappa shape index (κ3) is 3.96. The molecule has 1 unspecified atom stereocenters. The molecule has 1 spiro atoms. The van der Waals surface area contributed by atoms with E-state index in [1.54, 1.807) is 44.2 Å². The summed E-state index contributed by atoms with van der Waals surface area (Å²) in [5.74, 6) is -3.75. The van der Waals surface area contributed by atoms with Gasteiger partial charge in [-0.25, -0.2) is 9.59 Å². The SMILES string of the molecule is CCOC(=O)C1=C(C(=O)OCC)C2(N=N1)C(=O)N(Cc1ccccc1)C(c1ccccc1)=C2C(N)=O. The van der Waals surface area contributed by atoms with Gasteiger partial charge in [0.15, 0.2) is 5.70 Å². The molecule has 2 aliphatic heterocycles. The maximum absolute atomic E-state index is 14.2. The number of esters is 2. The topological polar surface area (TPSA) is 141 Å². The molecule has 10 heteroatoms. The number of amides is 2. The monoisotopic (exact) mass is 488 g/mol. The van der Waals surface area contributed by atoms with Gasteiger partial charge in [0.05, 0.1) is 31.0 Å². The van der Waals surface area contributed by atoms with E-state index in [1.165, 1.54) is 4.90 Å². The molecular formula is C26H24N4O6. The quantitative estimate of drug-likeness (QED) is 0.566. The van der Waals surface area contributed by atoms with Crippen LogP contribution in [-0.2, 0) is 35.2 Å². The molecule has 2 amide bonds. The number of benzene rings is 2. The molecule has 2 aliphatic rings. The van der Waals surface area contributed by atoms with Crippen molar-refractivity contribution in [2.75, 3.05) is 13.2 Å². The van der Waals surface area contributed by atoms with Gasteiger partial charge in [-0.1, -0.05) is 60.7 Å². The molecule has 10 nitrogen and oxygen atoms in total. The molecule has 0 bridgehead atoms. The van der Waals surface area contributed by atoms with E-state index in [9.17, 15) is 19.2 Å². The molecule has 2 heterocycles. The molecule has 0 aliphatic carbocycles. The number of azo groups is 1. The van der Waals surface area contributed by atoms with Crippen LogP contribution in [0.15, 0.2) is 87.7 Å². The van der Waals surface area contributed by atoms with E-state index in [2.05, 4.69) is 10.2 Å². The van der Waals surface area contributed by atoms with Crippen LogP contribution >= 0.6 is 0 Å². The van der Waals surface area contributed by atoms with Gasteiger partial charge >= 0.3 is 11.9 Å². The third-order valence-electron chi connectivity index (χ3n) is 5.75. The normalized spacial score (nSPS) is 18.8. The highest BCUT2D eigenvalue weighted by Crippen LogP contribution is 2.50. The van der Waals surface area contributed by atoms with Crippen LogP contribution in [0.1, 0.15) is 25.0 Å². The summed E-state index contributed by atoms with van der Waals surface area (Å²) >= 11 is 0. The molecule has 184 valence electrons. The number of primary amides is 1. The first-order valence-corrected chi connectivity index (χ1v) is 11.3. The Morgan fingerprint density at radius 2 is 1.47 bits per heavy atom. The number of nitrogens with zero attached hydrogens (tertiary/aromatic N) is 3. The smallest absolute Gasteiger partial charge is 0.359 e. The highest BCUT2D eigenvalue weighted by molar-refractivity contribution is 6.23. The fourth-order valence-corrected chi connectivity index (χ4v) is 4.33. The Morgan fingerprint density at radius 3 is 2.06 bits per heavy atom. The summed E-state index contributed by atoms with van der Waals surface area (Å²) < 4.78 is 10.2. The van der Waals surface area contributed by atoms with Gasteiger partial charge in [-0.2, -0.15) is 5.11 Å². The van der Waals surface area contributed by atoms with Crippen LogP contribution in [0.25, 0.3) is 5.70 Å². The average Bonchev–Trinajstić information content (AvgIpc) is 3.38. The summed E-state index contributed by atoms with van der Waals surface area (Å²) in [4.78, 5) is 54.5. The lowest BCUT2D eigenvalue weighted by atomic mass is 9.82. The molecule has 2 aromatic carbocycles. The summed E-state index contributed by atoms with van der Waals surface area (Å²) in [5, 5.41) is 7.95. The summed E-state index contributed by atoms with van der Waals surface area (Å²) in [7, 11) is 0. The zero-order chi connectivity index (χ0) is 25.9. The van der Waals surface area contributed by atoms with Gasteiger partial charge in [-0.15, -0.1) is 5.11 Å². The van der Waals surface area contributed by atoms with Crippen molar-refractivity contribution in [3.05, 3.63) is 88.6 Å². The van der Waals surface area contributed by atoms with Gasteiger partial charge in [0.1, 0.15) is 5.57 Å². The third-order valence-corrected chi connectivity index (χ3v) is 5.75. The van der Waals surface area contributed by atoms with E-state index in [0.717, 1.165) is 5.56 Å². The summed E-state index contributed by atoms with van der Waals surface area (Å²) in [6.07, 6.45) is 0. The van der Waals surface area contributed by atoms with E-state index in [4.69, 9.17) is 15.2 Å². The molecule has 1 atom stereocenters. The summed E-state index contributed by atoms with van der Waals surface area (Å²) in [5.41, 5.74) is 3.70. The number of hydrogen-bond acceptors (Lipinski definition) is 8. The Labute approximate surface area is 207 Å². The Bertz CT molecular complexity index is 1320. The number of nitrogens with two attached hydrogens (primary N) is 1. The van der Waals surface area contributed by atoms with Gasteiger partial charge in [-0.3, -0.25) is 9.59 Å². The number of carbonyl (C=O) groups is 4. The van der Waals surface area contributed by atoms with Crippen molar-refractivity contribution in [1.29, 1.82) is 0 Å². The zero-order valence-electron chi connectivity index (χ0n) is 19.8. The van der Waals surface area contributed by atoms with E-state index in [0.29, 0.717) is 5.56 Å². The predicted molar refractivity (Wildman–Crippen MR) is 127 cm³/mol. The number of hydrogen-bond donors (Lipinski definition) is 1. The fourth-order valence-electron chi connectivity index (χ4n) is 4.33. The van der Waals surface area contributed by atoms with Crippen LogP contribution in [0.2, 0.25) is 0 Å². The first-order valence-electron chi connectivity index (χ1n) is 11.3. The van der Waals surface area contributed by atoms with E-state index in [1.807, 2.05) is 30.3 Å². The largest absolute Gasteiger partial charge is 0.462 e. The van der Waals surface area contributed by atoms with Gasteiger partial charge in [0.25, 0.3) is 5.91 Å². The van der Waals surface area contributed by atoms with Crippen LogP contribution in [0.5, 0.6) is 0 Å². The molecule has 36 heavy (non-hydrogen) atoms. The van der Waals surface area contributed by atoms with Gasteiger partial charge in [-0.05, 0) is 25.0 Å². The Balaban J connectivity index is 2.02. The van der Waals surface area contributed by atoms with Crippen LogP contribution in [-0.4, -0.2) is 47.4 Å².